The van der Waals surface area contributed by atoms with Crippen LogP contribution < -0.4 is 0 Å². The SMILES string of the molecule is CCC(C)(CC)C(C)C1(CC)C(C)CC1C. The van der Waals surface area contributed by atoms with E-state index in [1.807, 2.05) is 0 Å². The molecule has 3 atom stereocenters. The molecular formula is C16H32. The molecule has 1 saturated carbocycles. The summed E-state index contributed by atoms with van der Waals surface area (Å²) in [5.41, 5.74) is 1.17. The van der Waals surface area contributed by atoms with Crippen molar-refractivity contribution in [2.45, 2.75) is 74.1 Å². The van der Waals surface area contributed by atoms with Crippen molar-refractivity contribution in [2.75, 3.05) is 0 Å². The Labute approximate surface area is 103 Å². The van der Waals surface area contributed by atoms with E-state index in [1.54, 1.807) is 0 Å². The zero-order chi connectivity index (χ0) is 12.6. The summed E-state index contributed by atoms with van der Waals surface area (Å²) in [6.45, 7) is 17.1. The Morgan fingerprint density at radius 2 is 1.56 bits per heavy atom. The number of hydrogen-bond donors (Lipinski definition) is 0. The van der Waals surface area contributed by atoms with E-state index in [0.717, 1.165) is 17.8 Å². The van der Waals surface area contributed by atoms with Gasteiger partial charge in [-0.2, -0.15) is 0 Å². The molecule has 0 aromatic heterocycles. The Morgan fingerprint density at radius 1 is 1.12 bits per heavy atom. The summed E-state index contributed by atoms with van der Waals surface area (Å²) >= 11 is 0. The summed E-state index contributed by atoms with van der Waals surface area (Å²) in [4.78, 5) is 0. The monoisotopic (exact) mass is 224 g/mol. The first-order chi connectivity index (χ1) is 7.39. The topological polar surface area (TPSA) is 0 Å². The Bertz CT molecular complexity index is 216. The molecule has 1 aliphatic rings. The molecule has 3 unspecified atom stereocenters. The molecular weight excluding hydrogens is 192 g/mol. The fourth-order valence-corrected chi connectivity index (χ4v) is 4.66. The third-order valence-electron chi connectivity index (χ3n) is 6.62. The fourth-order valence-electron chi connectivity index (χ4n) is 4.66. The number of rotatable bonds is 5. The first-order valence-electron chi connectivity index (χ1n) is 7.39. The maximum atomic E-state index is 2.53. The molecule has 0 spiro atoms. The van der Waals surface area contributed by atoms with Gasteiger partial charge in [-0.15, -0.1) is 0 Å². The summed E-state index contributed by atoms with van der Waals surface area (Å²) in [7, 11) is 0. The summed E-state index contributed by atoms with van der Waals surface area (Å²) in [6.07, 6.45) is 5.46. The Kier molecular flexibility index (Phi) is 4.13. The Hall–Kier alpha value is 0. The molecule has 0 bridgehead atoms. The molecule has 0 nitrogen and oxygen atoms in total. The van der Waals surface area contributed by atoms with Gasteiger partial charge in [-0.1, -0.05) is 61.3 Å². The Balaban J connectivity index is 2.97. The van der Waals surface area contributed by atoms with E-state index in [4.69, 9.17) is 0 Å². The van der Waals surface area contributed by atoms with Crippen molar-refractivity contribution in [3.05, 3.63) is 0 Å². The molecule has 1 rings (SSSR count). The van der Waals surface area contributed by atoms with Crippen LogP contribution in [0.15, 0.2) is 0 Å². The zero-order valence-electron chi connectivity index (χ0n) is 12.6. The molecule has 16 heavy (non-hydrogen) atoms. The minimum Gasteiger partial charge on any atom is -0.0649 e. The van der Waals surface area contributed by atoms with Crippen molar-refractivity contribution in [1.29, 1.82) is 0 Å². The maximum Gasteiger partial charge on any atom is -0.0218 e. The van der Waals surface area contributed by atoms with E-state index in [1.165, 1.54) is 25.7 Å². The van der Waals surface area contributed by atoms with Gasteiger partial charge >= 0.3 is 0 Å². The third-order valence-corrected chi connectivity index (χ3v) is 6.62. The average molecular weight is 224 g/mol. The molecule has 0 saturated heterocycles. The molecule has 0 heteroatoms. The second-order valence-electron chi connectivity index (χ2n) is 6.59. The lowest BCUT2D eigenvalue weighted by Crippen LogP contribution is -2.54. The predicted molar refractivity (Wildman–Crippen MR) is 73.5 cm³/mol. The second kappa shape index (κ2) is 4.70. The van der Waals surface area contributed by atoms with Gasteiger partial charge in [-0.05, 0) is 41.4 Å². The van der Waals surface area contributed by atoms with Crippen molar-refractivity contribution in [3.63, 3.8) is 0 Å². The predicted octanol–water partition coefficient (Wildman–Crippen LogP) is 5.52. The molecule has 0 N–H and O–H groups in total. The second-order valence-corrected chi connectivity index (χ2v) is 6.59. The lowest BCUT2D eigenvalue weighted by molar-refractivity contribution is -0.127. The summed E-state index contributed by atoms with van der Waals surface area (Å²) in [6, 6.07) is 0. The molecule has 0 radical (unpaired) electrons. The fraction of sp³-hybridized carbons (Fsp3) is 1.00. The van der Waals surface area contributed by atoms with Gasteiger partial charge in [0.25, 0.3) is 0 Å². The van der Waals surface area contributed by atoms with E-state index in [-0.39, 0.29) is 0 Å². The highest BCUT2D eigenvalue weighted by molar-refractivity contribution is 5.04. The van der Waals surface area contributed by atoms with Crippen LogP contribution in [0.1, 0.15) is 74.1 Å². The van der Waals surface area contributed by atoms with E-state index < -0.39 is 0 Å². The van der Waals surface area contributed by atoms with E-state index in [0.29, 0.717) is 10.8 Å². The van der Waals surface area contributed by atoms with Gasteiger partial charge < -0.3 is 0 Å². The van der Waals surface area contributed by atoms with Crippen molar-refractivity contribution in [2.24, 2.45) is 28.6 Å². The molecule has 0 amide bonds. The minimum atomic E-state index is 0.541. The van der Waals surface area contributed by atoms with Gasteiger partial charge in [0, 0.05) is 0 Å². The molecule has 0 aliphatic heterocycles. The Morgan fingerprint density at radius 3 is 1.81 bits per heavy atom. The van der Waals surface area contributed by atoms with Crippen molar-refractivity contribution in [1.82, 2.24) is 0 Å². The van der Waals surface area contributed by atoms with Gasteiger partial charge in [-0.3, -0.25) is 0 Å². The van der Waals surface area contributed by atoms with Crippen molar-refractivity contribution < 1.29 is 0 Å². The first kappa shape index (κ1) is 14.1. The summed E-state index contributed by atoms with van der Waals surface area (Å²) < 4.78 is 0. The smallest absolute Gasteiger partial charge is 0.0218 e. The van der Waals surface area contributed by atoms with Gasteiger partial charge in [0.05, 0.1) is 0 Å². The standard InChI is InChI=1S/C16H32/c1-8-15(7,9-2)14(6)16(10-3)12(4)11-13(16)5/h12-14H,8-11H2,1-7H3. The van der Waals surface area contributed by atoms with E-state index in [2.05, 4.69) is 48.5 Å². The van der Waals surface area contributed by atoms with Gasteiger partial charge in [0.15, 0.2) is 0 Å². The largest absolute Gasteiger partial charge is 0.0649 e. The maximum absolute atomic E-state index is 2.53. The van der Waals surface area contributed by atoms with Crippen molar-refractivity contribution >= 4 is 0 Å². The van der Waals surface area contributed by atoms with Crippen LogP contribution in [0.25, 0.3) is 0 Å². The molecule has 0 aromatic carbocycles. The van der Waals surface area contributed by atoms with Crippen LogP contribution in [0.4, 0.5) is 0 Å². The summed E-state index contributed by atoms with van der Waals surface area (Å²) in [5.74, 6) is 2.72. The highest BCUT2D eigenvalue weighted by Crippen LogP contribution is 2.63. The number of hydrogen-bond acceptors (Lipinski definition) is 0. The molecule has 96 valence electrons. The minimum absolute atomic E-state index is 0.541. The first-order valence-corrected chi connectivity index (χ1v) is 7.39. The molecule has 0 aromatic rings. The average Bonchev–Trinajstić information content (AvgIpc) is 2.29. The molecule has 0 heterocycles. The quantitative estimate of drug-likeness (QED) is 0.576. The van der Waals surface area contributed by atoms with Crippen LogP contribution in [-0.4, -0.2) is 0 Å². The van der Waals surface area contributed by atoms with Crippen LogP contribution in [0.5, 0.6) is 0 Å². The van der Waals surface area contributed by atoms with E-state index in [9.17, 15) is 0 Å². The molecule has 1 fully saturated rings. The van der Waals surface area contributed by atoms with Gasteiger partial charge in [0.1, 0.15) is 0 Å². The molecule has 1 aliphatic carbocycles. The van der Waals surface area contributed by atoms with Crippen LogP contribution in [0.3, 0.4) is 0 Å². The van der Waals surface area contributed by atoms with Gasteiger partial charge in [-0.25, -0.2) is 0 Å². The van der Waals surface area contributed by atoms with Crippen molar-refractivity contribution in [3.8, 4) is 0 Å². The lowest BCUT2D eigenvalue weighted by atomic mass is 9.43. The van der Waals surface area contributed by atoms with E-state index >= 15 is 0 Å². The van der Waals surface area contributed by atoms with Crippen LogP contribution in [-0.2, 0) is 0 Å². The van der Waals surface area contributed by atoms with Crippen LogP contribution >= 0.6 is 0 Å². The zero-order valence-corrected chi connectivity index (χ0v) is 12.6. The highest BCUT2D eigenvalue weighted by Gasteiger charge is 2.55. The van der Waals surface area contributed by atoms with Gasteiger partial charge in [0.2, 0.25) is 0 Å². The third kappa shape index (κ3) is 1.73. The lowest BCUT2D eigenvalue weighted by Gasteiger charge is -2.61. The normalized spacial score (nSPS) is 36.9. The van der Waals surface area contributed by atoms with Crippen LogP contribution in [0.2, 0.25) is 0 Å². The highest BCUT2D eigenvalue weighted by atomic mass is 14.6. The summed E-state index contributed by atoms with van der Waals surface area (Å²) in [5, 5.41) is 0. The van der Waals surface area contributed by atoms with Crippen LogP contribution in [0, 0.1) is 28.6 Å².